The van der Waals surface area contributed by atoms with E-state index in [1.54, 1.807) is 0 Å². The Kier molecular flexibility index (Phi) is 5.08. The van der Waals surface area contributed by atoms with Gasteiger partial charge in [0.2, 0.25) is 0 Å². The normalized spacial score (nSPS) is 19.5. The van der Waals surface area contributed by atoms with Crippen molar-refractivity contribution in [3.63, 3.8) is 0 Å². The zero-order valence-electron chi connectivity index (χ0n) is 8.31. The predicted octanol–water partition coefficient (Wildman–Crippen LogP) is 2.52. The first-order valence-corrected chi connectivity index (χ1v) is 6.29. The second kappa shape index (κ2) is 5.87. The molecule has 0 aromatic heterocycles. The van der Waals surface area contributed by atoms with Crippen molar-refractivity contribution in [3.05, 3.63) is 0 Å². The molecule has 0 saturated heterocycles. The molecule has 2 heteroatoms. The van der Waals surface area contributed by atoms with Gasteiger partial charge in [-0.2, -0.15) is 11.8 Å². The van der Waals surface area contributed by atoms with Crippen LogP contribution in [0.2, 0.25) is 0 Å². The summed E-state index contributed by atoms with van der Waals surface area (Å²) in [5.74, 6) is 3.58. The van der Waals surface area contributed by atoms with Crippen molar-refractivity contribution in [1.29, 1.82) is 0 Å². The fourth-order valence-electron chi connectivity index (χ4n) is 1.29. The molecule has 0 bridgehead atoms. The van der Waals surface area contributed by atoms with Crippen LogP contribution in [-0.4, -0.2) is 24.1 Å². The maximum absolute atomic E-state index is 3.57. The number of hydrogen-bond acceptors (Lipinski definition) is 2. The minimum absolute atomic E-state index is 0.702. The number of hydrogen-bond donors (Lipinski definition) is 1. The third-order valence-corrected chi connectivity index (χ3v) is 3.46. The molecule has 1 nitrogen and oxygen atoms in total. The standard InChI is InChI=1S/C10H21NS/c1-3-12-8-9(2)11-7-6-10-4-5-10/h9-11H,3-8H2,1-2H3. The zero-order valence-corrected chi connectivity index (χ0v) is 9.12. The summed E-state index contributed by atoms with van der Waals surface area (Å²) in [6, 6.07) is 0.702. The van der Waals surface area contributed by atoms with Crippen LogP contribution < -0.4 is 5.32 Å². The van der Waals surface area contributed by atoms with Gasteiger partial charge in [0.05, 0.1) is 0 Å². The lowest BCUT2D eigenvalue weighted by Gasteiger charge is -2.12. The van der Waals surface area contributed by atoms with E-state index in [0.717, 1.165) is 5.92 Å². The van der Waals surface area contributed by atoms with Gasteiger partial charge in [0.15, 0.2) is 0 Å². The van der Waals surface area contributed by atoms with Crippen LogP contribution >= 0.6 is 11.8 Å². The first kappa shape index (κ1) is 10.4. The molecule has 0 amide bonds. The Balaban J connectivity index is 1.83. The highest BCUT2D eigenvalue weighted by Crippen LogP contribution is 2.31. The minimum atomic E-state index is 0.702. The maximum Gasteiger partial charge on any atom is 0.0129 e. The van der Waals surface area contributed by atoms with E-state index in [-0.39, 0.29) is 0 Å². The Morgan fingerprint density at radius 2 is 2.25 bits per heavy atom. The van der Waals surface area contributed by atoms with Gasteiger partial charge in [0, 0.05) is 11.8 Å². The lowest BCUT2D eigenvalue weighted by molar-refractivity contribution is 0.555. The summed E-state index contributed by atoms with van der Waals surface area (Å²) >= 11 is 2.03. The number of rotatable bonds is 7. The van der Waals surface area contributed by atoms with Crippen molar-refractivity contribution < 1.29 is 0 Å². The SMILES string of the molecule is CCSCC(C)NCCC1CC1. The third-order valence-electron chi connectivity index (χ3n) is 2.31. The Morgan fingerprint density at radius 1 is 1.50 bits per heavy atom. The molecule has 0 spiro atoms. The molecule has 0 aliphatic heterocycles. The van der Waals surface area contributed by atoms with E-state index in [2.05, 4.69) is 19.2 Å². The van der Waals surface area contributed by atoms with Gasteiger partial charge in [-0.1, -0.05) is 19.8 Å². The fourth-order valence-corrected chi connectivity index (χ4v) is 2.00. The molecule has 1 aliphatic carbocycles. The monoisotopic (exact) mass is 187 g/mol. The summed E-state index contributed by atoms with van der Waals surface area (Å²) in [5, 5.41) is 3.57. The van der Waals surface area contributed by atoms with Gasteiger partial charge >= 0.3 is 0 Å². The summed E-state index contributed by atoms with van der Waals surface area (Å²) in [7, 11) is 0. The summed E-state index contributed by atoms with van der Waals surface area (Å²) < 4.78 is 0. The topological polar surface area (TPSA) is 12.0 Å². The minimum Gasteiger partial charge on any atom is -0.313 e. The molecule has 0 heterocycles. The summed E-state index contributed by atoms with van der Waals surface area (Å²) in [5.41, 5.74) is 0. The van der Waals surface area contributed by atoms with Crippen LogP contribution in [0.15, 0.2) is 0 Å². The molecule has 1 unspecified atom stereocenters. The third kappa shape index (κ3) is 5.04. The van der Waals surface area contributed by atoms with Gasteiger partial charge < -0.3 is 5.32 Å². The van der Waals surface area contributed by atoms with Gasteiger partial charge in [-0.25, -0.2) is 0 Å². The second-order valence-corrected chi connectivity index (χ2v) is 5.07. The lowest BCUT2D eigenvalue weighted by Crippen LogP contribution is -2.29. The van der Waals surface area contributed by atoms with Gasteiger partial charge in [-0.15, -0.1) is 0 Å². The highest BCUT2D eigenvalue weighted by Gasteiger charge is 2.20. The van der Waals surface area contributed by atoms with Gasteiger partial charge in [0.25, 0.3) is 0 Å². The molecular formula is C10H21NS. The van der Waals surface area contributed by atoms with E-state index in [9.17, 15) is 0 Å². The van der Waals surface area contributed by atoms with Gasteiger partial charge in [-0.3, -0.25) is 0 Å². The lowest BCUT2D eigenvalue weighted by atomic mass is 10.3. The van der Waals surface area contributed by atoms with Crippen molar-refractivity contribution >= 4 is 11.8 Å². The molecule has 1 saturated carbocycles. The molecule has 1 N–H and O–H groups in total. The number of thioether (sulfide) groups is 1. The molecule has 1 rings (SSSR count). The molecule has 0 aromatic carbocycles. The van der Waals surface area contributed by atoms with E-state index in [4.69, 9.17) is 0 Å². The average Bonchev–Trinajstić information content (AvgIpc) is 2.84. The summed E-state index contributed by atoms with van der Waals surface area (Å²) in [6.07, 6.45) is 4.38. The fraction of sp³-hybridized carbons (Fsp3) is 1.00. The summed E-state index contributed by atoms with van der Waals surface area (Å²) in [6.45, 7) is 5.74. The maximum atomic E-state index is 3.57. The molecule has 1 aliphatic rings. The van der Waals surface area contributed by atoms with Crippen LogP contribution in [0, 0.1) is 5.92 Å². The van der Waals surface area contributed by atoms with Crippen LogP contribution in [0.25, 0.3) is 0 Å². The van der Waals surface area contributed by atoms with Crippen molar-refractivity contribution in [2.45, 2.75) is 39.2 Å². The van der Waals surface area contributed by atoms with Crippen LogP contribution in [0.1, 0.15) is 33.1 Å². The molecule has 1 fully saturated rings. The van der Waals surface area contributed by atoms with Crippen LogP contribution in [0.4, 0.5) is 0 Å². The van der Waals surface area contributed by atoms with Crippen LogP contribution in [0.5, 0.6) is 0 Å². The zero-order chi connectivity index (χ0) is 8.81. The first-order valence-electron chi connectivity index (χ1n) is 5.14. The van der Waals surface area contributed by atoms with Crippen molar-refractivity contribution in [2.24, 2.45) is 5.92 Å². The molecular weight excluding hydrogens is 166 g/mol. The van der Waals surface area contributed by atoms with Crippen molar-refractivity contribution in [1.82, 2.24) is 5.32 Å². The number of nitrogens with one attached hydrogen (secondary N) is 1. The van der Waals surface area contributed by atoms with Gasteiger partial charge in [-0.05, 0) is 31.6 Å². The molecule has 1 atom stereocenters. The van der Waals surface area contributed by atoms with Crippen LogP contribution in [0.3, 0.4) is 0 Å². The smallest absolute Gasteiger partial charge is 0.0129 e. The quantitative estimate of drug-likeness (QED) is 0.657. The predicted molar refractivity (Wildman–Crippen MR) is 57.8 cm³/mol. The highest BCUT2D eigenvalue weighted by atomic mass is 32.2. The first-order chi connectivity index (χ1) is 5.83. The molecule has 0 radical (unpaired) electrons. The molecule has 12 heavy (non-hydrogen) atoms. The molecule has 72 valence electrons. The largest absolute Gasteiger partial charge is 0.313 e. The van der Waals surface area contributed by atoms with Gasteiger partial charge in [0.1, 0.15) is 0 Å². The van der Waals surface area contributed by atoms with E-state index in [0.29, 0.717) is 6.04 Å². The van der Waals surface area contributed by atoms with E-state index in [1.807, 2.05) is 11.8 Å². The van der Waals surface area contributed by atoms with E-state index < -0.39 is 0 Å². The Morgan fingerprint density at radius 3 is 2.83 bits per heavy atom. The second-order valence-electron chi connectivity index (χ2n) is 3.75. The van der Waals surface area contributed by atoms with Crippen molar-refractivity contribution in [3.8, 4) is 0 Å². The Bertz CT molecular complexity index is 112. The average molecular weight is 187 g/mol. The summed E-state index contributed by atoms with van der Waals surface area (Å²) in [4.78, 5) is 0. The van der Waals surface area contributed by atoms with E-state index in [1.165, 1.54) is 37.3 Å². The van der Waals surface area contributed by atoms with Crippen molar-refractivity contribution in [2.75, 3.05) is 18.1 Å². The van der Waals surface area contributed by atoms with E-state index >= 15 is 0 Å². The van der Waals surface area contributed by atoms with Crippen LogP contribution in [-0.2, 0) is 0 Å². The Hall–Kier alpha value is 0.310. The Labute approximate surface area is 80.7 Å². The molecule has 0 aromatic rings. The highest BCUT2D eigenvalue weighted by molar-refractivity contribution is 7.99.